The largest absolute Gasteiger partial charge is 0.493 e. The van der Waals surface area contributed by atoms with Crippen LogP contribution in [0.2, 0.25) is 0 Å². The minimum atomic E-state index is 0.370. The van der Waals surface area contributed by atoms with Crippen LogP contribution in [0.3, 0.4) is 0 Å². The van der Waals surface area contributed by atoms with E-state index in [4.69, 9.17) is 4.74 Å². The van der Waals surface area contributed by atoms with E-state index >= 15 is 0 Å². The third-order valence-corrected chi connectivity index (χ3v) is 2.77. The smallest absolute Gasteiger partial charge is 0.119 e. The number of hydrogen-bond donors (Lipinski definition) is 1. The summed E-state index contributed by atoms with van der Waals surface area (Å²) in [6.07, 6.45) is 0. The summed E-state index contributed by atoms with van der Waals surface area (Å²) in [5.74, 6) is 2.21. The standard InChI is InChI=1S/C16H27NO/c1-12(2)10-17-14(5)15-7-6-8-16(9-15)18-11-13(3)4/h6-9,12-14,17H,10-11H2,1-5H3. The van der Waals surface area contributed by atoms with Gasteiger partial charge in [-0.1, -0.05) is 39.8 Å². The zero-order chi connectivity index (χ0) is 13.5. The molecule has 0 aliphatic rings. The van der Waals surface area contributed by atoms with Crippen molar-refractivity contribution in [3.63, 3.8) is 0 Å². The first-order chi connectivity index (χ1) is 8.49. The number of nitrogens with one attached hydrogen (secondary N) is 1. The maximum atomic E-state index is 5.76. The van der Waals surface area contributed by atoms with Gasteiger partial charge < -0.3 is 10.1 Å². The van der Waals surface area contributed by atoms with E-state index in [2.05, 4.69) is 58.1 Å². The van der Waals surface area contributed by atoms with Crippen molar-refractivity contribution in [3.05, 3.63) is 29.8 Å². The van der Waals surface area contributed by atoms with Crippen molar-refractivity contribution in [2.45, 2.75) is 40.7 Å². The van der Waals surface area contributed by atoms with Gasteiger partial charge in [0.05, 0.1) is 6.61 Å². The molecule has 18 heavy (non-hydrogen) atoms. The molecule has 0 radical (unpaired) electrons. The monoisotopic (exact) mass is 249 g/mol. The van der Waals surface area contributed by atoms with Crippen LogP contribution in [0.1, 0.15) is 46.2 Å². The van der Waals surface area contributed by atoms with Crippen molar-refractivity contribution in [1.82, 2.24) is 5.32 Å². The first kappa shape index (κ1) is 15.0. The Morgan fingerprint density at radius 2 is 1.78 bits per heavy atom. The highest BCUT2D eigenvalue weighted by Crippen LogP contribution is 2.19. The summed E-state index contributed by atoms with van der Waals surface area (Å²) < 4.78 is 5.76. The zero-order valence-corrected chi connectivity index (χ0v) is 12.4. The highest BCUT2D eigenvalue weighted by Gasteiger charge is 2.07. The first-order valence-electron chi connectivity index (χ1n) is 6.95. The minimum Gasteiger partial charge on any atom is -0.493 e. The van der Waals surface area contributed by atoms with E-state index in [9.17, 15) is 0 Å². The van der Waals surface area contributed by atoms with Crippen LogP contribution < -0.4 is 10.1 Å². The molecule has 1 N–H and O–H groups in total. The molecule has 0 aromatic heterocycles. The van der Waals surface area contributed by atoms with Gasteiger partial charge in [0, 0.05) is 6.04 Å². The molecule has 1 rings (SSSR count). The molecule has 1 aromatic carbocycles. The Labute approximate surface area is 112 Å². The van der Waals surface area contributed by atoms with Crippen LogP contribution in [0.5, 0.6) is 5.75 Å². The molecule has 0 spiro atoms. The molecule has 102 valence electrons. The molecular formula is C16H27NO. The van der Waals surface area contributed by atoms with E-state index in [0.717, 1.165) is 18.9 Å². The molecular weight excluding hydrogens is 222 g/mol. The Balaban J connectivity index is 2.57. The Hall–Kier alpha value is -1.02. The zero-order valence-electron chi connectivity index (χ0n) is 12.4. The molecule has 0 fully saturated rings. The van der Waals surface area contributed by atoms with E-state index in [1.165, 1.54) is 5.56 Å². The van der Waals surface area contributed by atoms with Gasteiger partial charge in [-0.3, -0.25) is 0 Å². The third-order valence-electron chi connectivity index (χ3n) is 2.77. The number of benzene rings is 1. The van der Waals surface area contributed by atoms with Crippen molar-refractivity contribution >= 4 is 0 Å². The molecule has 0 aliphatic carbocycles. The van der Waals surface area contributed by atoms with E-state index in [1.807, 2.05) is 6.07 Å². The molecule has 0 heterocycles. The van der Waals surface area contributed by atoms with Crippen molar-refractivity contribution < 1.29 is 4.74 Å². The molecule has 1 atom stereocenters. The molecule has 0 amide bonds. The van der Waals surface area contributed by atoms with Crippen molar-refractivity contribution in [1.29, 1.82) is 0 Å². The summed E-state index contributed by atoms with van der Waals surface area (Å²) in [5, 5.41) is 3.53. The molecule has 0 saturated carbocycles. The topological polar surface area (TPSA) is 21.3 Å². The van der Waals surface area contributed by atoms with E-state index in [1.54, 1.807) is 0 Å². The average Bonchev–Trinajstić information content (AvgIpc) is 2.33. The Morgan fingerprint density at radius 3 is 2.39 bits per heavy atom. The Kier molecular flexibility index (Phi) is 6.20. The van der Waals surface area contributed by atoms with Gasteiger partial charge in [-0.2, -0.15) is 0 Å². The van der Waals surface area contributed by atoms with Crippen molar-refractivity contribution in [3.8, 4) is 5.75 Å². The van der Waals surface area contributed by atoms with Gasteiger partial charge in [0.25, 0.3) is 0 Å². The van der Waals surface area contributed by atoms with Gasteiger partial charge in [-0.15, -0.1) is 0 Å². The van der Waals surface area contributed by atoms with Gasteiger partial charge in [-0.05, 0) is 43.0 Å². The van der Waals surface area contributed by atoms with Crippen molar-refractivity contribution in [2.24, 2.45) is 11.8 Å². The molecule has 0 aliphatic heterocycles. The lowest BCUT2D eigenvalue weighted by atomic mass is 10.1. The highest BCUT2D eigenvalue weighted by atomic mass is 16.5. The van der Waals surface area contributed by atoms with Crippen LogP contribution in [-0.2, 0) is 0 Å². The van der Waals surface area contributed by atoms with Crippen LogP contribution in [0.4, 0.5) is 0 Å². The van der Waals surface area contributed by atoms with Gasteiger partial charge in [0.2, 0.25) is 0 Å². The summed E-state index contributed by atoms with van der Waals surface area (Å²) in [6.45, 7) is 12.8. The second-order valence-electron chi connectivity index (χ2n) is 5.80. The summed E-state index contributed by atoms with van der Waals surface area (Å²) >= 11 is 0. The predicted octanol–water partition coefficient (Wildman–Crippen LogP) is 4.03. The summed E-state index contributed by atoms with van der Waals surface area (Å²) in [7, 11) is 0. The fraction of sp³-hybridized carbons (Fsp3) is 0.625. The lowest BCUT2D eigenvalue weighted by Crippen LogP contribution is -2.23. The fourth-order valence-electron chi connectivity index (χ4n) is 1.67. The summed E-state index contributed by atoms with van der Waals surface area (Å²) in [4.78, 5) is 0. The normalized spacial score (nSPS) is 13.1. The summed E-state index contributed by atoms with van der Waals surface area (Å²) in [6, 6.07) is 8.76. The Bertz CT molecular complexity index is 347. The third kappa shape index (κ3) is 5.54. The maximum Gasteiger partial charge on any atom is 0.119 e. The van der Waals surface area contributed by atoms with Crippen LogP contribution in [0.25, 0.3) is 0 Å². The maximum absolute atomic E-state index is 5.76. The number of ether oxygens (including phenoxy) is 1. The molecule has 2 heteroatoms. The van der Waals surface area contributed by atoms with Crippen LogP contribution in [0.15, 0.2) is 24.3 Å². The molecule has 0 bridgehead atoms. The van der Waals surface area contributed by atoms with E-state index in [0.29, 0.717) is 17.9 Å². The molecule has 0 saturated heterocycles. The van der Waals surface area contributed by atoms with Gasteiger partial charge >= 0.3 is 0 Å². The fourth-order valence-corrected chi connectivity index (χ4v) is 1.67. The number of hydrogen-bond acceptors (Lipinski definition) is 2. The van der Waals surface area contributed by atoms with Crippen molar-refractivity contribution in [2.75, 3.05) is 13.2 Å². The quantitative estimate of drug-likeness (QED) is 0.788. The molecule has 1 unspecified atom stereocenters. The Morgan fingerprint density at radius 1 is 1.06 bits per heavy atom. The van der Waals surface area contributed by atoms with Crippen LogP contribution in [0, 0.1) is 11.8 Å². The molecule has 1 aromatic rings. The molecule has 2 nitrogen and oxygen atoms in total. The van der Waals surface area contributed by atoms with Gasteiger partial charge in [0.15, 0.2) is 0 Å². The summed E-state index contributed by atoms with van der Waals surface area (Å²) in [5.41, 5.74) is 1.29. The first-order valence-corrected chi connectivity index (χ1v) is 6.95. The highest BCUT2D eigenvalue weighted by molar-refractivity contribution is 5.30. The second kappa shape index (κ2) is 7.42. The average molecular weight is 249 g/mol. The van der Waals surface area contributed by atoms with Gasteiger partial charge in [0.1, 0.15) is 5.75 Å². The number of rotatable bonds is 7. The van der Waals surface area contributed by atoms with Crippen LogP contribution >= 0.6 is 0 Å². The predicted molar refractivity (Wildman–Crippen MR) is 78.0 cm³/mol. The van der Waals surface area contributed by atoms with E-state index in [-0.39, 0.29) is 0 Å². The lowest BCUT2D eigenvalue weighted by molar-refractivity contribution is 0.270. The van der Waals surface area contributed by atoms with Crippen LogP contribution in [-0.4, -0.2) is 13.2 Å². The SMILES string of the molecule is CC(C)CNC(C)c1cccc(OCC(C)C)c1. The van der Waals surface area contributed by atoms with Gasteiger partial charge in [-0.25, -0.2) is 0 Å². The minimum absolute atomic E-state index is 0.370. The van der Waals surface area contributed by atoms with E-state index < -0.39 is 0 Å². The lowest BCUT2D eigenvalue weighted by Gasteiger charge is -2.17. The second-order valence-corrected chi connectivity index (χ2v) is 5.80.